The summed E-state index contributed by atoms with van der Waals surface area (Å²) < 4.78 is 4.77. The lowest BCUT2D eigenvalue weighted by atomic mass is 10.1. The first-order valence-corrected chi connectivity index (χ1v) is 6.69. The molecular formula is C15H18N4O2. The molecule has 2 aromatic heterocycles. The molecule has 6 nitrogen and oxygen atoms in total. The highest BCUT2D eigenvalue weighted by molar-refractivity contribution is 5.77. The van der Waals surface area contributed by atoms with Crippen molar-refractivity contribution in [3.63, 3.8) is 0 Å². The Kier molecular flexibility index (Phi) is 5.34. The van der Waals surface area contributed by atoms with E-state index in [9.17, 15) is 4.79 Å². The maximum Gasteiger partial charge on any atom is 0.245 e. The third-order valence-electron chi connectivity index (χ3n) is 2.94. The van der Waals surface area contributed by atoms with E-state index < -0.39 is 0 Å². The molecular weight excluding hydrogens is 268 g/mol. The van der Waals surface area contributed by atoms with Gasteiger partial charge in [-0.25, -0.2) is 9.97 Å². The second kappa shape index (κ2) is 7.44. The molecule has 2 heterocycles. The average Bonchev–Trinajstić information content (AvgIpc) is 2.48. The highest BCUT2D eigenvalue weighted by Crippen LogP contribution is 2.21. The van der Waals surface area contributed by atoms with E-state index in [4.69, 9.17) is 4.74 Å². The van der Waals surface area contributed by atoms with E-state index in [1.807, 2.05) is 25.3 Å². The molecule has 0 saturated carbocycles. The largest absolute Gasteiger partial charge is 0.375 e. The Morgan fingerprint density at radius 2 is 2.10 bits per heavy atom. The molecule has 0 aliphatic carbocycles. The molecule has 0 aliphatic rings. The number of rotatable bonds is 6. The van der Waals surface area contributed by atoms with E-state index in [0.717, 1.165) is 16.8 Å². The maximum atomic E-state index is 11.4. The fourth-order valence-corrected chi connectivity index (χ4v) is 1.98. The number of hydrogen-bond acceptors (Lipinski definition) is 5. The molecule has 0 saturated heterocycles. The van der Waals surface area contributed by atoms with Crippen molar-refractivity contribution < 1.29 is 9.53 Å². The molecule has 1 N–H and O–H groups in total. The predicted octanol–water partition coefficient (Wildman–Crippen LogP) is 1.15. The molecule has 0 atom stereocenters. The zero-order valence-corrected chi connectivity index (χ0v) is 12.2. The molecule has 2 rings (SSSR count). The van der Waals surface area contributed by atoms with Gasteiger partial charge in [-0.3, -0.25) is 9.78 Å². The van der Waals surface area contributed by atoms with Crippen molar-refractivity contribution in [3.8, 4) is 11.1 Å². The monoisotopic (exact) mass is 286 g/mol. The second-order valence-electron chi connectivity index (χ2n) is 4.55. The Labute approximate surface area is 123 Å². The Balaban J connectivity index is 2.11. The molecule has 2 aromatic rings. The Hall–Kier alpha value is -2.34. The summed E-state index contributed by atoms with van der Waals surface area (Å²) in [5.74, 6) is 0.583. The van der Waals surface area contributed by atoms with Gasteiger partial charge in [-0.2, -0.15) is 0 Å². The quantitative estimate of drug-likeness (QED) is 0.862. The van der Waals surface area contributed by atoms with Gasteiger partial charge in [0.15, 0.2) is 0 Å². The zero-order valence-electron chi connectivity index (χ0n) is 12.2. The lowest BCUT2D eigenvalue weighted by Gasteiger charge is -2.10. The average molecular weight is 286 g/mol. The van der Waals surface area contributed by atoms with Gasteiger partial charge in [0, 0.05) is 44.2 Å². The normalized spacial score (nSPS) is 10.4. The first-order chi connectivity index (χ1) is 10.2. The summed E-state index contributed by atoms with van der Waals surface area (Å²) in [5, 5.41) is 2.79. The van der Waals surface area contributed by atoms with E-state index in [-0.39, 0.29) is 12.5 Å². The van der Waals surface area contributed by atoms with Gasteiger partial charge >= 0.3 is 0 Å². The molecule has 0 aromatic carbocycles. The van der Waals surface area contributed by atoms with Crippen LogP contribution in [-0.2, 0) is 16.0 Å². The zero-order chi connectivity index (χ0) is 15.1. The number of aromatic nitrogens is 3. The van der Waals surface area contributed by atoms with Gasteiger partial charge < -0.3 is 10.1 Å². The SMILES string of the molecule is COCC(=O)NCCc1nc(C)ncc1-c1ccncc1. The molecule has 0 bridgehead atoms. The van der Waals surface area contributed by atoms with E-state index in [0.29, 0.717) is 18.8 Å². The van der Waals surface area contributed by atoms with Gasteiger partial charge in [0.05, 0.1) is 5.69 Å². The number of nitrogens with one attached hydrogen (secondary N) is 1. The maximum absolute atomic E-state index is 11.4. The summed E-state index contributed by atoms with van der Waals surface area (Å²) in [6.45, 7) is 2.43. The highest BCUT2D eigenvalue weighted by atomic mass is 16.5. The van der Waals surface area contributed by atoms with E-state index in [2.05, 4.69) is 20.3 Å². The molecule has 0 spiro atoms. The third-order valence-corrected chi connectivity index (χ3v) is 2.94. The minimum absolute atomic E-state index is 0.0695. The number of hydrogen-bond donors (Lipinski definition) is 1. The predicted molar refractivity (Wildman–Crippen MR) is 78.6 cm³/mol. The van der Waals surface area contributed by atoms with Crippen LogP contribution >= 0.6 is 0 Å². The molecule has 0 unspecified atom stereocenters. The number of methoxy groups -OCH3 is 1. The molecule has 6 heteroatoms. The summed E-state index contributed by atoms with van der Waals surface area (Å²) in [4.78, 5) is 24.1. The van der Waals surface area contributed by atoms with Crippen LogP contribution in [0, 0.1) is 6.92 Å². The van der Waals surface area contributed by atoms with Crippen molar-refractivity contribution in [2.45, 2.75) is 13.3 Å². The van der Waals surface area contributed by atoms with Crippen molar-refractivity contribution in [2.75, 3.05) is 20.3 Å². The third kappa shape index (κ3) is 4.32. The second-order valence-corrected chi connectivity index (χ2v) is 4.55. The number of pyridine rings is 1. The van der Waals surface area contributed by atoms with Gasteiger partial charge in [0.25, 0.3) is 0 Å². The minimum Gasteiger partial charge on any atom is -0.375 e. The van der Waals surface area contributed by atoms with Crippen molar-refractivity contribution >= 4 is 5.91 Å². The Morgan fingerprint density at radius 3 is 2.81 bits per heavy atom. The van der Waals surface area contributed by atoms with Gasteiger partial charge in [0.1, 0.15) is 12.4 Å². The summed E-state index contributed by atoms with van der Waals surface area (Å²) in [7, 11) is 1.49. The van der Waals surface area contributed by atoms with Crippen LogP contribution in [0.3, 0.4) is 0 Å². The first kappa shape index (κ1) is 15.1. The van der Waals surface area contributed by atoms with E-state index >= 15 is 0 Å². The van der Waals surface area contributed by atoms with Crippen LogP contribution in [0.15, 0.2) is 30.7 Å². The Bertz CT molecular complexity index is 602. The molecule has 21 heavy (non-hydrogen) atoms. The lowest BCUT2D eigenvalue weighted by molar-refractivity contribution is -0.124. The van der Waals surface area contributed by atoms with Crippen LogP contribution in [-0.4, -0.2) is 41.1 Å². The van der Waals surface area contributed by atoms with Gasteiger partial charge in [-0.05, 0) is 24.6 Å². The minimum atomic E-state index is -0.131. The molecule has 110 valence electrons. The summed E-state index contributed by atoms with van der Waals surface area (Å²) >= 11 is 0. The molecule has 0 aliphatic heterocycles. The van der Waals surface area contributed by atoms with Crippen molar-refractivity contribution in [1.29, 1.82) is 0 Å². The molecule has 1 amide bonds. The van der Waals surface area contributed by atoms with Gasteiger partial charge in [0.2, 0.25) is 5.91 Å². The summed E-state index contributed by atoms with van der Waals surface area (Å²) in [6, 6.07) is 3.84. The number of ether oxygens (including phenoxy) is 1. The van der Waals surface area contributed by atoms with Crippen LogP contribution in [0.25, 0.3) is 11.1 Å². The smallest absolute Gasteiger partial charge is 0.245 e. The van der Waals surface area contributed by atoms with E-state index in [1.54, 1.807) is 12.4 Å². The van der Waals surface area contributed by atoms with Crippen LogP contribution in [0.5, 0.6) is 0 Å². The van der Waals surface area contributed by atoms with Crippen LogP contribution in [0.4, 0.5) is 0 Å². The van der Waals surface area contributed by atoms with Crippen molar-refractivity contribution in [2.24, 2.45) is 0 Å². The van der Waals surface area contributed by atoms with Crippen LogP contribution in [0.1, 0.15) is 11.5 Å². The number of nitrogens with zero attached hydrogens (tertiary/aromatic N) is 3. The standard InChI is InChI=1S/C15H18N4O2/c1-11-18-9-13(12-3-6-16-7-4-12)14(19-11)5-8-17-15(20)10-21-2/h3-4,6-7,9H,5,8,10H2,1-2H3,(H,17,20). The summed E-state index contributed by atoms with van der Waals surface area (Å²) in [6.07, 6.45) is 5.92. The van der Waals surface area contributed by atoms with Gasteiger partial charge in [-0.15, -0.1) is 0 Å². The van der Waals surface area contributed by atoms with Gasteiger partial charge in [-0.1, -0.05) is 0 Å². The first-order valence-electron chi connectivity index (χ1n) is 6.69. The molecule has 0 radical (unpaired) electrons. The number of carbonyl (C=O) groups is 1. The number of carbonyl (C=O) groups excluding carboxylic acids is 1. The summed E-state index contributed by atoms with van der Waals surface area (Å²) in [5.41, 5.74) is 2.89. The van der Waals surface area contributed by atoms with E-state index in [1.165, 1.54) is 7.11 Å². The van der Waals surface area contributed by atoms with Crippen molar-refractivity contribution in [1.82, 2.24) is 20.3 Å². The van der Waals surface area contributed by atoms with Crippen LogP contribution < -0.4 is 5.32 Å². The highest BCUT2D eigenvalue weighted by Gasteiger charge is 2.08. The molecule has 0 fully saturated rings. The van der Waals surface area contributed by atoms with Crippen molar-refractivity contribution in [3.05, 3.63) is 42.2 Å². The fraction of sp³-hybridized carbons (Fsp3) is 0.333. The van der Waals surface area contributed by atoms with Crippen LogP contribution in [0.2, 0.25) is 0 Å². The topological polar surface area (TPSA) is 77.0 Å². The number of aryl methyl sites for hydroxylation is 1. The number of amides is 1. The Morgan fingerprint density at radius 1 is 1.33 bits per heavy atom. The fourth-order valence-electron chi connectivity index (χ4n) is 1.98. The lowest BCUT2D eigenvalue weighted by Crippen LogP contribution is -2.29.